The van der Waals surface area contributed by atoms with E-state index in [1.54, 1.807) is 0 Å². The predicted octanol–water partition coefficient (Wildman–Crippen LogP) is 4.79. The first-order chi connectivity index (χ1) is 8.19. The lowest BCUT2D eigenvalue weighted by molar-refractivity contribution is 0.706. The summed E-state index contributed by atoms with van der Waals surface area (Å²) in [5, 5.41) is 4.81. The highest BCUT2D eigenvalue weighted by molar-refractivity contribution is 6.37. The van der Waals surface area contributed by atoms with E-state index in [4.69, 9.17) is 23.2 Å². The third-order valence-electron chi connectivity index (χ3n) is 2.58. The number of hydrogen-bond acceptors (Lipinski definition) is 1. The maximum absolute atomic E-state index is 6.14. The van der Waals surface area contributed by atoms with Crippen LogP contribution in [-0.2, 0) is 0 Å². The molecule has 1 aromatic carbocycles. The van der Waals surface area contributed by atoms with Crippen molar-refractivity contribution >= 4 is 29.3 Å². The Kier molecular flexibility index (Phi) is 6.64. The first-order valence-electron chi connectivity index (χ1n) is 6.03. The molecule has 94 valence electrons. The largest absolute Gasteiger partial charge is 0.313 e. The van der Waals surface area contributed by atoms with Crippen LogP contribution in [0.2, 0.25) is 10.0 Å². The Morgan fingerprint density at radius 2 is 1.88 bits per heavy atom. The summed E-state index contributed by atoms with van der Waals surface area (Å²) in [5.41, 5.74) is 2.24. The molecule has 0 spiro atoms. The second-order valence-corrected chi connectivity index (χ2v) is 4.78. The molecule has 1 rings (SSSR count). The molecule has 0 fully saturated rings. The molecule has 1 aromatic rings. The minimum Gasteiger partial charge on any atom is -0.313 e. The van der Waals surface area contributed by atoms with E-state index in [0.717, 1.165) is 31.5 Å². The molecule has 3 heteroatoms. The van der Waals surface area contributed by atoms with Crippen molar-refractivity contribution in [2.24, 2.45) is 0 Å². The molecule has 0 amide bonds. The Bertz CT molecular complexity index is 366. The van der Waals surface area contributed by atoms with E-state index in [-0.39, 0.29) is 0 Å². The summed E-state index contributed by atoms with van der Waals surface area (Å²) in [5.74, 6) is 0. The Hall–Kier alpha value is -0.500. The number of nitrogens with one attached hydrogen (secondary N) is 1. The van der Waals surface area contributed by atoms with Gasteiger partial charge in [-0.25, -0.2) is 0 Å². The molecule has 1 nitrogen and oxygen atoms in total. The van der Waals surface area contributed by atoms with Crippen LogP contribution in [-0.4, -0.2) is 13.1 Å². The quantitative estimate of drug-likeness (QED) is 0.734. The van der Waals surface area contributed by atoms with Crippen LogP contribution in [0.3, 0.4) is 0 Å². The van der Waals surface area contributed by atoms with Gasteiger partial charge in [0.2, 0.25) is 0 Å². The molecule has 0 aromatic heterocycles. The van der Waals surface area contributed by atoms with Crippen LogP contribution in [0.4, 0.5) is 0 Å². The molecule has 0 radical (unpaired) electrons. The minimum atomic E-state index is 0.707. The Labute approximate surface area is 114 Å². The van der Waals surface area contributed by atoms with Gasteiger partial charge in [-0.05, 0) is 31.5 Å². The molecule has 0 aliphatic carbocycles. The van der Waals surface area contributed by atoms with Gasteiger partial charge in [-0.3, -0.25) is 0 Å². The molecule has 0 saturated heterocycles. The number of benzene rings is 1. The van der Waals surface area contributed by atoms with Gasteiger partial charge < -0.3 is 5.32 Å². The van der Waals surface area contributed by atoms with Gasteiger partial charge in [0.25, 0.3) is 0 Å². The van der Waals surface area contributed by atoms with Crippen LogP contribution >= 0.6 is 23.2 Å². The van der Waals surface area contributed by atoms with E-state index in [2.05, 4.69) is 25.2 Å². The average molecular weight is 272 g/mol. The molecule has 0 saturated carbocycles. The lowest BCUT2D eigenvalue weighted by Gasteiger charge is -2.08. The van der Waals surface area contributed by atoms with Crippen LogP contribution in [0.15, 0.2) is 23.8 Å². The van der Waals surface area contributed by atoms with E-state index in [9.17, 15) is 0 Å². The second kappa shape index (κ2) is 7.75. The molecule has 0 aliphatic rings. The summed E-state index contributed by atoms with van der Waals surface area (Å²) < 4.78 is 0. The number of halogens is 2. The van der Waals surface area contributed by atoms with E-state index in [1.807, 2.05) is 18.2 Å². The third-order valence-corrected chi connectivity index (χ3v) is 3.24. The van der Waals surface area contributed by atoms with Gasteiger partial charge in [0.05, 0.1) is 0 Å². The fraction of sp³-hybridized carbons (Fsp3) is 0.429. The maximum Gasteiger partial charge on any atom is 0.0493 e. The highest BCUT2D eigenvalue weighted by atomic mass is 35.5. The van der Waals surface area contributed by atoms with Crippen molar-refractivity contribution in [2.75, 3.05) is 13.1 Å². The van der Waals surface area contributed by atoms with Gasteiger partial charge in [-0.1, -0.05) is 54.8 Å². The Balaban J connectivity index is 2.83. The van der Waals surface area contributed by atoms with Gasteiger partial charge in [-0.2, -0.15) is 0 Å². The molecule has 1 N–H and O–H groups in total. The Morgan fingerprint density at radius 3 is 2.41 bits per heavy atom. The van der Waals surface area contributed by atoms with Crippen molar-refractivity contribution in [1.29, 1.82) is 0 Å². The molecular formula is C14H19Cl2N. The zero-order chi connectivity index (χ0) is 12.7. The SMILES string of the molecule is CCCNCC(=Cc1c(Cl)cccc1Cl)CC. The zero-order valence-electron chi connectivity index (χ0n) is 10.4. The zero-order valence-corrected chi connectivity index (χ0v) is 11.9. The Morgan fingerprint density at radius 1 is 1.24 bits per heavy atom. The summed E-state index contributed by atoms with van der Waals surface area (Å²) in [7, 11) is 0. The lowest BCUT2D eigenvalue weighted by Crippen LogP contribution is -2.17. The lowest BCUT2D eigenvalue weighted by atomic mass is 10.1. The van der Waals surface area contributed by atoms with E-state index in [0.29, 0.717) is 10.0 Å². The fourth-order valence-electron chi connectivity index (χ4n) is 1.56. The summed E-state index contributed by atoms with van der Waals surface area (Å²) in [6.45, 7) is 6.23. The molecule has 0 aliphatic heterocycles. The molecular weight excluding hydrogens is 253 g/mol. The van der Waals surface area contributed by atoms with Crippen LogP contribution < -0.4 is 5.32 Å². The highest BCUT2D eigenvalue weighted by Gasteiger charge is 2.03. The van der Waals surface area contributed by atoms with Crippen molar-refractivity contribution in [2.45, 2.75) is 26.7 Å². The van der Waals surface area contributed by atoms with Gasteiger partial charge in [0.15, 0.2) is 0 Å². The molecule has 0 unspecified atom stereocenters. The maximum atomic E-state index is 6.14. The highest BCUT2D eigenvalue weighted by Crippen LogP contribution is 2.26. The summed E-state index contributed by atoms with van der Waals surface area (Å²) >= 11 is 12.3. The van der Waals surface area contributed by atoms with Crippen molar-refractivity contribution in [3.05, 3.63) is 39.4 Å². The normalized spacial score (nSPS) is 11.9. The molecule has 0 bridgehead atoms. The van der Waals surface area contributed by atoms with Gasteiger partial charge in [0.1, 0.15) is 0 Å². The monoisotopic (exact) mass is 271 g/mol. The standard InChI is InChI=1S/C14H19Cl2N/c1-3-8-17-10-11(4-2)9-12-13(15)6-5-7-14(12)16/h5-7,9,17H,3-4,8,10H2,1-2H3. The van der Waals surface area contributed by atoms with Gasteiger partial charge in [-0.15, -0.1) is 0 Å². The van der Waals surface area contributed by atoms with E-state index >= 15 is 0 Å². The van der Waals surface area contributed by atoms with Crippen LogP contribution in [0.5, 0.6) is 0 Å². The van der Waals surface area contributed by atoms with E-state index < -0.39 is 0 Å². The van der Waals surface area contributed by atoms with Crippen LogP contribution in [0.1, 0.15) is 32.3 Å². The summed E-state index contributed by atoms with van der Waals surface area (Å²) in [6, 6.07) is 5.60. The smallest absolute Gasteiger partial charge is 0.0493 e. The van der Waals surface area contributed by atoms with Crippen LogP contribution in [0, 0.1) is 0 Å². The van der Waals surface area contributed by atoms with E-state index in [1.165, 1.54) is 5.57 Å². The van der Waals surface area contributed by atoms with Crippen molar-refractivity contribution in [1.82, 2.24) is 5.32 Å². The topological polar surface area (TPSA) is 12.0 Å². The van der Waals surface area contributed by atoms with Gasteiger partial charge >= 0.3 is 0 Å². The second-order valence-electron chi connectivity index (χ2n) is 3.97. The molecule has 0 atom stereocenters. The molecule has 0 heterocycles. The summed E-state index contributed by atoms with van der Waals surface area (Å²) in [6.07, 6.45) is 4.23. The van der Waals surface area contributed by atoms with Crippen molar-refractivity contribution in [3.8, 4) is 0 Å². The van der Waals surface area contributed by atoms with Crippen LogP contribution in [0.25, 0.3) is 6.08 Å². The minimum absolute atomic E-state index is 0.707. The average Bonchev–Trinajstić information content (AvgIpc) is 2.32. The van der Waals surface area contributed by atoms with Crippen molar-refractivity contribution < 1.29 is 0 Å². The summed E-state index contributed by atoms with van der Waals surface area (Å²) in [4.78, 5) is 0. The number of hydrogen-bond donors (Lipinski definition) is 1. The fourth-order valence-corrected chi connectivity index (χ4v) is 2.06. The third kappa shape index (κ3) is 4.71. The van der Waals surface area contributed by atoms with Crippen molar-refractivity contribution in [3.63, 3.8) is 0 Å². The first kappa shape index (κ1) is 14.6. The predicted molar refractivity (Wildman–Crippen MR) is 77.9 cm³/mol. The number of rotatable bonds is 6. The first-order valence-corrected chi connectivity index (χ1v) is 6.78. The molecule has 17 heavy (non-hydrogen) atoms. The van der Waals surface area contributed by atoms with Gasteiger partial charge in [0, 0.05) is 22.2 Å².